The number of carbonyl (C=O) groups is 1. The van der Waals surface area contributed by atoms with Crippen LogP contribution < -0.4 is 5.73 Å². The Hall–Kier alpha value is -1.88. The number of aromatic carboxylic acids is 1. The van der Waals surface area contributed by atoms with Crippen LogP contribution in [0.15, 0.2) is 24.3 Å². The van der Waals surface area contributed by atoms with Crippen LogP contribution in [-0.2, 0) is 0 Å². The number of rotatable bonds is 2. The van der Waals surface area contributed by atoms with Crippen molar-refractivity contribution >= 4 is 23.0 Å². The number of benzene rings is 1. The third kappa shape index (κ3) is 1.90. The Balaban J connectivity index is 2.55. The second kappa shape index (κ2) is 3.94. The van der Waals surface area contributed by atoms with Crippen LogP contribution in [0.4, 0.5) is 5.69 Å². The molecule has 82 valence electrons. The number of aromatic nitrogens is 1. The van der Waals surface area contributed by atoms with Crippen molar-refractivity contribution in [3.05, 3.63) is 34.2 Å². The highest BCUT2D eigenvalue weighted by molar-refractivity contribution is 7.14. The number of hydrogen-bond donors (Lipinski definition) is 2. The minimum Gasteiger partial charge on any atom is -0.477 e. The van der Waals surface area contributed by atoms with Gasteiger partial charge in [0.1, 0.15) is 4.88 Å². The van der Waals surface area contributed by atoms with E-state index in [1.54, 1.807) is 31.2 Å². The summed E-state index contributed by atoms with van der Waals surface area (Å²) in [7, 11) is 0. The van der Waals surface area contributed by atoms with E-state index in [2.05, 4.69) is 4.98 Å². The standard InChI is InChI=1S/C11H10N2O2S/c1-6-13-9(10(16-6)11(14)15)7-2-4-8(12)5-3-7/h2-5H,12H2,1H3,(H,14,15). The molecule has 0 fully saturated rings. The van der Waals surface area contributed by atoms with Gasteiger partial charge in [-0.25, -0.2) is 9.78 Å². The largest absolute Gasteiger partial charge is 0.477 e. The highest BCUT2D eigenvalue weighted by Crippen LogP contribution is 2.28. The fourth-order valence-electron chi connectivity index (χ4n) is 1.41. The molecular formula is C11H10N2O2S. The number of thiazole rings is 1. The van der Waals surface area contributed by atoms with Crippen LogP contribution in [0, 0.1) is 6.92 Å². The van der Waals surface area contributed by atoms with Gasteiger partial charge in [-0.1, -0.05) is 12.1 Å². The molecule has 5 heteroatoms. The van der Waals surface area contributed by atoms with Crippen molar-refractivity contribution in [3.8, 4) is 11.3 Å². The number of hydrogen-bond acceptors (Lipinski definition) is 4. The van der Waals surface area contributed by atoms with E-state index in [1.165, 1.54) is 11.3 Å². The molecule has 0 aliphatic carbocycles. The molecule has 0 amide bonds. The van der Waals surface area contributed by atoms with E-state index in [-0.39, 0.29) is 4.88 Å². The van der Waals surface area contributed by atoms with Crippen LogP contribution in [0.2, 0.25) is 0 Å². The van der Waals surface area contributed by atoms with Crippen molar-refractivity contribution in [1.82, 2.24) is 4.98 Å². The Morgan fingerprint density at radius 1 is 1.38 bits per heavy atom. The molecule has 1 aromatic carbocycles. The monoisotopic (exact) mass is 234 g/mol. The zero-order chi connectivity index (χ0) is 11.7. The maximum atomic E-state index is 11.0. The molecule has 0 atom stereocenters. The van der Waals surface area contributed by atoms with Gasteiger partial charge in [0.15, 0.2) is 0 Å². The molecule has 0 saturated heterocycles. The molecule has 0 radical (unpaired) electrons. The number of nitrogens with two attached hydrogens (primary N) is 1. The van der Waals surface area contributed by atoms with Crippen molar-refractivity contribution in [1.29, 1.82) is 0 Å². The Bertz CT molecular complexity index is 531. The highest BCUT2D eigenvalue weighted by atomic mass is 32.1. The summed E-state index contributed by atoms with van der Waals surface area (Å²) in [6, 6.07) is 7.01. The van der Waals surface area contributed by atoms with Crippen LogP contribution in [0.1, 0.15) is 14.7 Å². The lowest BCUT2D eigenvalue weighted by Crippen LogP contribution is -1.95. The molecule has 2 rings (SSSR count). The van der Waals surface area contributed by atoms with Crippen molar-refractivity contribution < 1.29 is 9.90 Å². The van der Waals surface area contributed by atoms with Gasteiger partial charge < -0.3 is 10.8 Å². The van der Waals surface area contributed by atoms with Crippen LogP contribution in [0.25, 0.3) is 11.3 Å². The van der Waals surface area contributed by atoms with E-state index < -0.39 is 5.97 Å². The van der Waals surface area contributed by atoms with Gasteiger partial charge in [0.2, 0.25) is 0 Å². The molecule has 2 aromatic rings. The van der Waals surface area contributed by atoms with Gasteiger partial charge in [-0.15, -0.1) is 11.3 Å². The predicted molar refractivity (Wildman–Crippen MR) is 63.7 cm³/mol. The summed E-state index contributed by atoms with van der Waals surface area (Å²) >= 11 is 1.18. The van der Waals surface area contributed by atoms with Crippen LogP contribution in [0.3, 0.4) is 0 Å². The molecule has 3 N–H and O–H groups in total. The van der Waals surface area contributed by atoms with E-state index in [0.29, 0.717) is 11.4 Å². The zero-order valence-corrected chi connectivity index (χ0v) is 9.41. The maximum Gasteiger partial charge on any atom is 0.348 e. The fourth-order valence-corrected chi connectivity index (χ4v) is 2.19. The van der Waals surface area contributed by atoms with E-state index in [9.17, 15) is 4.79 Å². The highest BCUT2D eigenvalue weighted by Gasteiger charge is 2.16. The van der Waals surface area contributed by atoms with E-state index in [1.807, 2.05) is 0 Å². The number of nitrogen functional groups attached to an aromatic ring is 1. The molecular weight excluding hydrogens is 224 g/mol. The molecule has 16 heavy (non-hydrogen) atoms. The summed E-state index contributed by atoms with van der Waals surface area (Å²) < 4.78 is 0. The van der Waals surface area contributed by atoms with Gasteiger partial charge >= 0.3 is 5.97 Å². The third-order valence-electron chi connectivity index (χ3n) is 2.11. The maximum absolute atomic E-state index is 11.0. The molecule has 0 bridgehead atoms. The molecule has 0 unspecified atom stereocenters. The Morgan fingerprint density at radius 3 is 2.56 bits per heavy atom. The lowest BCUT2D eigenvalue weighted by Gasteiger charge is -1.99. The number of carboxylic acids is 1. The summed E-state index contributed by atoms with van der Waals surface area (Å²) in [6.45, 7) is 1.79. The van der Waals surface area contributed by atoms with Crippen molar-refractivity contribution in [3.63, 3.8) is 0 Å². The average molecular weight is 234 g/mol. The minimum atomic E-state index is -0.947. The summed E-state index contributed by atoms with van der Waals surface area (Å²) in [4.78, 5) is 15.5. The van der Waals surface area contributed by atoms with Gasteiger partial charge in [-0.05, 0) is 19.1 Å². The first-order valence-electron chi connectivity index (χ1n) is 4.64. The lowest BCUT2D eigenvalue weighted by atomic mass is 10.1. The van der Waals surface area contributed by atoms with Crippen molar-refractivity contribution in [2.24, 2.45) is 0 Å². The quantitative estimate of drug-likeness (QED) is 0.782. The van der Waals surface area contributed by atoms with Crippen LogP contribution >= 0.6 is 11.3 Å². The van der Waals surface area contributed by atoms with Gasteiger partial charge in [0.05, 0.1) is 10.7 Å². The number of carboxylic acid groups (broad SMARTS) is 1. The molecule has 0 aliphatic heterocycles. The first-order chi connectivity index (χ1) is 7.58. The van der Waals surface area contributed by atoms with Gasteiger partial charge in [-0.2, -0.15) is 0 Å². The Labute approximate surface area is 96.4 Å². The number of nitrogens with zero attached hydrogens (tertiary/aromatic N) is 1. The predicted octanol–water partition coefficient (Wildman–Crippen LogP) is 2.40. The minimum absolute atomic E-state index is 0.266. The molecule has 0 spiro atoms. The fraction of sp³-hybridized carbons (Fsp3) is 0.0909. The first kappa shape index (κ1) is 10.6. The second-order valence-corrected chi connectivity index (χ2v) is 4.54. The van der Waals surface area contributed by atoms with Gasteiger partial charge in [0.25, 0.3) is 0 Å². The number of aryl methyl sites for hydroxylation is 1. The molecule has 0 saturated carbocycles. The molecule has 4 nitrogen and oxygen atoms in total. The van der Waals surface area contributed by atoms with Crippen LogP contribution in [0.5, 0.6) is 0 Å². The normalized spacial score (nSPS) is 10.3. The third-order valence-corrected chi connectivity index (χ3v) is 3.07. The van der Waals surface area contributed by atoms with Gasteiger partial charge in [-0.3, -0.25) is 0 Å². The first-order valence-corrected chi connectivity index (χ1v) is 5.46. The summed E-state index contributed by atoms with van der Waals surface area (Å²) in [5.74, 6) is -0.947. The Kier molecular flexibility index (Phi) is 2.62. The van der Waals surface area contributed by atoms with Gasteiger partial charge in [0, 0.05) is 11.3 Å². The topological polar surface area (TPSA) is 76.2 Å². The van der Waals surface area contributed by atoms with E-state index >= 15 is 0 Å². The Morgan fingerprint density at radius 2 is 2.00 bits per heavy atom. The summed E-state index contributed by atoms with van der Waals surface area (Å²) in [5, 5.41) is 9.78. The smallest absolute Gasteiger partial charge is 0.348 e. The zero-order valence-electron chi connectivity index (χ0n) is 8.60. The van der Waals surface area contributed by atoms with E-state index in [4.69, 9.17) is 10.8 Å². The SMILES string of the molecule is Cc1nc(-c2ccc(N)cc2)c(C(=O)O)s1. The summed E-state index contributed by atoms with van der Waals surface area (Å²) in [5.41, 5.74) is 7.50. The molecule has 1 heterocycles. The summed E-state index contributed by atoms with van der Waals surface area (Å²) in [6.07, 6.45) is 0. The second-order valence-electron chi connectivity index (χ2n) is 3.34. The lowest BCUT2D eigenvalue weighted by molar-refractivity contribution is 0.0702. The van der Waals surface area contributed by atoms with Crippen LogP contribution in [-0.4, -0.2) is 16.1 Å². The van der Waals surface area contributed by atoms with Crippen molar-refractivity contribution in [2.75, 3.05) is 5.73 Å². The van der Waals surface area contributed by atoms with Crippen molar-refractivity contribution in [2.45, 2.75) is 6.92 Å². The van der Waals surface area contributed by atoms with E-state index in [0.717, 1.165) is 10.6 Å². The number of anilines is 1. The molecule has 0 aliphatic rings. The average Bonchev–Trinajstić information content (AvgIpc) is 2.61. The molecule has 1 aromatic heterocycles.